The van der Waals surface area contributed by atoms with Gasteiger partial charge in [0, 0.05) is 11.1 Å². The Labute approximate surface area is 154 Å². The van der Waals surface area contributed by atoms with Crippen molar-refractivity contribution in [2.24, 2.45) is 0 Å². The number of hydrogen-bond donors (Lipinski definition) is 0. The van der Waals surface area contributed by atoms with Crippen molar-refractivity contribution in [1.29, 1.82) is 0 Å². The average molecular weight is 333 g/mol. The van der Waals surface area contributed by atoms with E-state index in [0.717, 1.165) is 6.42 Å². The van der Waals surface area contributed by atoms with Crippen LogP contribution in [-0.4, -0.2) is 0 Å². The van der Waals surface area contributed by atoms with Crippen LogP contribution < -0.4 is 0 Å². The fourth-order valence-corrected chi connectivity index (χ4v) is 3.92. The van der Waals surface area contributed by atoms with Crippen molar-refractivity contribution in [3.05, 3.63) is 66.8 Å². The Hall–Kier alpha value is -2.00. The summed E-state index contributed by atoms with van der Waals surface area (Å²) in [7, 11) is 0. The third-order valence-corrected chi connectivity index (χ3v) is 6.45. The third kappa shape index (κ3) is 3.13. The first-order valence-corrected chi connectivity index (χ1v) is 9.31. The molecule has 0 aliphatic heterocycles. The molecule has 2 aromatic rings. The van der Waals surface area contributed by atoms with Gasteiger partial charge in [0.05, 0.1) is 0 Å². The normalized spacial score (nSPS) is 10.6. The molecule has 0 spiro atoms. The third-order valence-electron chi connectivity index (χ3n) is 6.45. The lowest BCUT2D eigenvalue weighted by atomic mass is 9.87. The minimum absolute atomic E-state index is 1.08. The summed E-state index contributed by atoms with van der Waals surface area (Å²) >= 11 is 0. The summed E-state index contributed by atoms with van der Waals surface area (Å²) < 4.78 is 0. The molecule has 0 fully saturated rings. The Morgan fingerprint density at radius 1 is 0.440 bits per heavy atom. The quantitative estimate of drug-likeness (QED) is 0.528. The lowest BCUT2D eigenvalue weighted by molar-refractivity contribution is 1.05. The minimum Gasteiger partial charge on any atom is -0.0613 e. The van der Waals surface area contributed by atoms with E-state index in [9.17, 15) is 0 Å². The number of benzene rings is 2. The number of hydrogen-bond acceptors (Lipinski definition) is 0. The van der Waals surface area contributed by atoms with Gasteiger partial charge in [0.15, 0.2) is 0 Å². The second kappa shape index (κ2) is 7.09. The van der Waals surface area contributed by atoms with E-state index >= 15 is 0 Å². The fraction of sp³-hybridized carbons (Fsp3) is 0.440. The summed E-state index contributed by atoms with van der Waals surface area (Å²) in [4.78, 5) is 0. The molecular formula is C25H32. The molecule has 0 atom stereocenters. The maximum atomic E-state index is 3.54. The number of rotatable bonds is 1. The second-order valence-electron chi connectivity index (χ2n) is 7.46. The van der Waals surface area contributed by atoms with Gasteiger partial charge in [-0.25, -0.2) is 0 Å². The van der Waals surface area contributed by atoms with Gasteiger partial charge in [-0.3, -0.25) is 0 Å². The molecule has 2 rings (SSSR count). The van der Waals surface area contributed by atoms with Gasteiger partial charge in [0.1, 0.15) is 0 Å². The zero-order chi connectivity index (χ0) is 19.0. The molecule has 0 aliphatic carbocycles. The molecule has 132 valence electrons. The van der Waals surface area contributed by atoms with Crippen LogP contribution in [0.25, 0.3) is 0 Å². The molecule has 0 aromatic heterocycles. The summed E-state index contributed by atoms with van der Waals surface area (Å²) in [6.45, 7) is 22.2. The molecule has 0 saturated carbocycles. The van der Waals surface area contributed by atoms with E-state index in [2.05, 4.69) is 81.1 Å². The first-order chi connectivity index (χ1) is 11.6. The Kier molecular flexibility index (Phi) is 5.48. The standard InChI is InChI=1S/C25H32/c1-11-23-19(7)21(9)25(22(10)20(23)8)13-12-24-17(5)15(3)14(2)16(4)18(24)6/h11H2,1-10H3. The van der Waals surface area contributed by atoms with E-state index in [1.165, 1.54) is 66.8 Å². The van der Waals surface area contributed by atoms with Crippen LogP contribution >= 0.6 is 0 Å². The van der Waals surface area contributed by atoms with E-state index in [0.29, 0.717) is 0 Å². The van der Waals surface area contributed by atoms with Crippen molar-refractivity contribution < 1.29 is 0 Å². The monoisotopic (exact) mass is 332 g/mol. The van der Waals surface area contributed by atoms with Gasteiger partial charge in [-0.1, -0.05) is 18.8 Å². The Balaban J connectivity index is 2.74. The minimum atomic E-state index is 1.08. The Morgan fingerprint density at radius 2 is 0.720 bits per heavy atom. The van der Waals surface area contributed by atoms with Crippen LogP contribution in [0.3, 0.4) is 0 Å². The van der Waals surface area contributed by atoms with Crippen molar-refractivity contribution in [3.63, 3.8) is 0 Å². The molecule has 0 amide bonds. The summed E-state index contributed by atoms with van der Waals surface area (Å²) in [5, 5.41) is 0. The second-order valence-corrected chi connectivity index (χ2v) is 7.46. The fourth-order valence-electron chi connectivity index (χ4n) is 3.92. The lowest BCUT2D eigenvalue weighted by Gasteiger charge is -2.17. The van der Waals surface area contributed by atoms with E-state index in [-0.39, 0.29) is 0 Å². The topological polar surface area (TPSA) is 0 Å². The van der Waals surface area contributed by atoms with Crippen molar-refractivity contribution in [2.45, 2.75) is 75.7 Å². The van der Waals surface area contributed by atoms with Gasteiger partial charge in [-0.2, -0.15) is 0 Å². The maximum Gasteiger partial charge on any atom is 0.0312 e. The predicted octanol–water partition coefficient (Wildman–Crippen LogP) is 6.42. The molecule has 0 saturated heterocycles. The van der Waals surface area contributed by atoms with Crippen LogP contribution in [0, 0.1) is 74.2 Å². The highest BCUT2D eigenvalue weighted by molar-refractivity contribution is 5.61. The maximum absolute atomic E-state index is 3.54. The van der Waals surface area contributed by atoms with Gasteiger partial charge in [0.25, 0.3) is 0 Å². The van der Waals surface area contributed by atoms with Crippen molar-refractivity contribution in [2.75, 3.05) is 0 Å². The van der Waals surface area contributed by atoms with Crippen LogP contribution in [0.15, 0.2) is 0 Å². The van der Waals surface area contributed by atoms with Crippen LogP contribution in [0.1, 0.15) is 73.7 Å². The van der Waals surface area contributed by atoms with Crippen molar-refractivity contribution in [1.82, 2.24) is 0 Å². The van der Waals surface area contributed by atoms with Gasteiger partial charge in [0.2, 0.25) is 0 Å². The van der Waals surface area contributed by atoms with E-state index < -0.39 is 0 Å². The summed E-state index contributed by atoms with van der Waals surface area (Å²) in [5.74, 6) is 7.07. The summed E-state index contributed by atoms with van der Waals surface area (Å²) in [5.41, 5.74) is 16.1. The molecule has 0 unspecified atom stereocenters. The van der Waals surface area contributed by atoms with Crippen LogP contribution in [0.5, 0.6) is 0 Å². The van der Waals surface area contributed by atoms with E-state index in [1.807, 2.05) is 0 Å². The van der Waals surface area contributed by atoms with E-state index in [1.54, 1.807) is 0 Å². The van der Waals surface area contributed by atoms with Gasteiger partial charge in [-0.05, 0) is 124 Å². The molecule has 0 N–H and O–H groups in total. The van der Waals surface area contributed by atoms with Gasteiger partial charge in [-0.15, -0.1) is 0 Å². The summed E-state index contributed by atoms with van der Waals surface area (Å²) in [6, 6.07) is 0. The SMILES string of the molecule is CCc1c(C)c(C)c(C#Cc2c(C)c(C)c(C)c(C)c2C)c(C)c1C. The largest absolute Gasteiger partial charge is 0.0613 e. The highest BCUT2D eigenvalue weighted by Crippen LogP contribution is 2.28. The van der Waals surface area contributed by atoms with E-state index in [4.69, 9.17) is 0 Å². The Bertz CT molecular complexity index is 854. The molecule has 0 heteroatoms. The van der Waals surface area contributed by atoms with Crippen LogP contribution in [0.2, 0.25) is 0 Å². The molecule has 2 aromatic carbocycles. The van der Waals surface area contributed by atoms with Crippen molar-refractivity contribution in [3.8, 4) is 11.8 Å². The molecule has 0 aliphatic rings. The van der Waals surface area contributed by atoms with Crippen molar-refractivity contribution >= 4 is 0 Å². The Morgan fingerprint density at radius 3 is 1.04 bits per heavy atom. The zero-order valence-electron chi connectivity index (χ0n) is 17.7. The van der Waals surface area contributed by atoms with Crippen LogP contribution in [0.4, 0.5) is 0 Å². The first kappa shape index (κ1) is 19.3. The molecule has 0 nitrogen and oxygen atoms in total. The lowest BCUT2D eigenvalue weighted by Crippen LogP contribution is -2.03. The summed E-state index contributed by atoms with van der Waals surface area (Å²) in [6.07, 6.45) is 1.08. The highest BCUT2D eigenvalue weighted by Gasteiger charge is 2.13. The average Bonchev–Trinajstić information content (AvgIpc) is 2.59. The molecule has 0 heterocycles. The van der Waals surface area contributed by atoms with Crippen LogP contribution in [-0.2, 0) is 6.42 Å². The molecule has 25 heavy (non-hydrogen) atoms. The van der Waals surface area contributed by atoms with Gasteiger partial charge < -0.3 is 0 Å². The first-order valence-electron chi connectivity index (χ1n) is 9.31. The molecule has 0 bridgehead atoms. The predicted molar refractivity (Wildman–Crippen MR) is 111 cm³/mol. The smallest absolute Gasteiger partial charge is 0.0312 e. The molecular weight excluding hydrogens is 300 g/mol. The van der Waals surface area contributed by atoms with Gasteiger partial charge >= 0.3 is 0 Å². The highest BCUT2D eigenvalue weighted by atomic mass is 14.2. The molecule has 0 radical (unpaired) electrons. The zero-order valence-corrected chi connectivity index (χ0v) is 17.7.